The Morgan fingerprint density at radius 3 is 2.57 bits per heavy atom. The number of aromatic carboxylic acids is 1. The molecule has 0 radical (unpaired) electrons. The van der Waals surface area contributed by atoms with Gasteiger partial charge in [0.2, 0.25) is 5.89 Å². The third-order valence-corrected chi connectivity index (χ3v) is 4.71. The molecular weight excluding hydrogens is 320 g/mol. The SMILES string of the molecule is Cc1noc(CS(=O)(=O)c2cc(Cl)cc(C(=O)O)c2C)n1. The molecule has 112 valence electrons. The van der Waals surface area contributed by atoms with Gasteiger partial charge in [0, 0.05) is 5.02 Å². The molecule has 9 heteroatoms. The zero-order valence-corrected chi connectivity index (χ0v) is 12.7. The number of halogens is 1. The molecule has 21 heavy (non-hydrogen) atoms. The number of nitrogens with zero attached hydrogens (tertiary/aromatic N) is 2. The summed E-state index contributed by atoms with van der Waals surface area (Å²) >= 11 is 5.80. The van der Waals surface area contributed by atoms with Crippen molar-refractivity contribution in [3.63, 3.8) is 0 Å². The smallest absolute Gasteiger partial charge is 0.336 e. The number of aromatic nitrogens is 2. The molecule has 0 saturated heterocycles. The van der Waals surface area contributed by atoms with Gasteiger partial charge in [-0.1, -0.05) is 16.8 Å². The Morgan fingerprint density at radius 2 is 2.05 bits per heavy atom. The van der Waals surface area contributed by atoms with Crippen molar-refractivity contribution in [3.8, 4) is 0 Å². The van der Waals surface area contributed by atoms with E-state index >= 15 is 0 Å². The third kappa shape index (κ3) is 3.22. The number of carboxylic acids is 1. The topological polar surface area (TPSA) is 110 Å². The number of hydrogen-bond acceptors (Lipinski definition) is 6. The van der Waals surface area contributed by atoms with Gasteiger partial charge >= 0.3 is 5.97 Å². The fraction of sp³-hybridized carbons (Fsp3) is 0.250. The van der Waals surface area contributed by atoms with Crippen LogP contribution in [0.3, 0.4) is 0 Å². The second kappa shape index (κ2) is 5.45. The summed E-state index contributed by atoms with van der Waals surface area (Å²) in [6.07, 6.45) is 0. The van der Waals surface area contributed by atoms with Crippen LogP contribution in [0.2, 0.25) is 5.02 Å². The van der Waals surface area contributed by atoms with Gasteiger partial charge in [-0.25, -0.2) is 13.2 Å². The Kier molecular flexibility index (Phi) is 4.02. The molecular formula is C12H11ClN2O5S. The van der Waals surface area contributed by atoms with Crippen LogP contribution in [0.4, 0.5) is 0 Å². The van der Waals surface area contributed by atoms with Crippen LogP contribution in [-0.2, 0) is 15.6 Å². The van der Waals surface area contributed by atoms with Crippen LogP contribution >= 0.6 is 11.6 Å². The van der Waals surface area contributed by atoms with Crippen LogP contribution in [0.15, 0.2) is 21.6 Å². The molecule has 0 fully saturated rings. The average molecular weight is 331 g/mol. The predicted octanol–water partition coefficient (Wildman–Crippen LogP) is 2.01. The van der Waals surface area contributed by atoms with Gasteiger partial charge in [0.1, 0.15) is 5.75 Å². The van der Waals surface area contributed by atoms with E-state index in [9.17, 15) is 13.2 Å². The number of rotatable bonds is 4. The first kappa shape index (κ1) is 15.5. The maximum Gasteiger partial charge on any atom is 0.336 e. The fourth-order valence-electron chi connectivity index (χ4n) is 1.84. The lowest BCUT2D eigenvalue weighted by Gasteiger charge is -2.09. The van der Waals surface area contributed by atoms with Crippen molar-refractivity contribution in [1.29, 1.82) is 0 Å². The van der Waals surface area contributed by atoms with E-state index in [2.05, 4.69) is 10.1 Å². The molecule has 1 heterocycles. The molecule has 2 rings (SSSR count). The van der Waals surface area contributed by atoms with Crippen molar-refractivity contribution in [2.45, 2.75) is 24.5 Å². The Balaban J connectivity index is 2.52. The first-order valence-electron chi connectivity index (χ1n) is 5.76. The minimum atomic E-state index is -3.85. The van der Waals surface area contributed by atoms with E-state index < -0.39 is 21.6 Å². The lowest BCUT2D eigenvalue weighted by Crippen LogP contribution is -2.11. The van der Waals surface area contributed by atoms with E-state index in [0.717, 1.165) is 0 Å². The number of aryl methyl sites for hydroxylation is 1. The Hall–Kier alpha value is -1.93. The van der Waals surface area contributed by atoms with Crippen molar-refractivity contribution >= 4 is 27.4 Å². The summed E-state index contributed by atoms with van der Waals surface area (Å²) in [6.45, 7) is 2.97. The quantitative estimate of drug-likeness (QED) is 0.912. The zero-order chi connectivity index (χ0) is 15.8. The number of carboxylic acid groups (broad SMARTS) is 1. The molecule has 0 atom stereocenters. The standard InChI is InChI=1S/C12H11ClN2O5S/c1-6-9(12(16)17)3-8(13)4-10(6)21(18,19)5-11-14-7(2)15-20-11/h3-4H,5H2,1-2H3,(H,16,17). The average Bonchev–Trinajstić information content (AvgIpc) is 2.76. The predicted molar refractivity (Wildman–Crippen MR) is 73.1 cm³/mol. The molecule has 2 aromatic rings. The summed E-state index contributed by atoms with van der Waals surface area (Å²) < 4.78 is 29.5. The van der Waals surface area contributed by atoms with Gasteiger partial charge in [-0.05, 0) is 31.5 Å². The Labute approximate surface area is 125 Å². The Bertz CT molecular complexity index is 813. The van der Waals surface area contributed by atoms with Gasteiger partial charge in [0.25, 0.3) is 0 Å². The summed E-state index contributed by atoms with van der Waals surface area (Å²) in [4.78, 5) is 14.8. The summed E-state index contributed by atoms with van der Waals surface area (Å²) in [5.41, 5.74) is -0.0501. The van der Waals surface area contributed by atoms with Crippen molar-refractivity contribution in [3.05, 3.63) is 40.0 Å². The van der Waals surface area contributed by atoms with Gasteiger partial charge in [0.05, 0.1) is 10.5 Å². The molecule has 0 aliphatic carbocycles. The lowest BCUT2D eigenvalue weighted by molar-refractivity contribution is 0.0696. The van der Waals surface area contributed by atoms with E-state index in [1.54, 1.807) is 6.92 Å². The monoisotopic (exact) mass is 330 g/mol. The number of benzene rings is 1. The fourth-order valence-corrected chi connectivity index (χ4v) is 3.60. The summed E-state index contributed by atoms with van der Waals surface area (Å²) in [6, 6.07) is 2.41. The molecule has 7 nitrogen and oxygen atoms in total. The van der Waals surface area contributed by atoms with E-state index in [4.69, 9.17) is 21.2 Å². The van der Waals surface area contributed by atoms with Gasteiger partial charge < -0.3 is 9.63 Å². The highest BCUT2D eigenvalue weighted by Gasteiger charge is 2.25. The molecule has 0 spiro atoms. The van der Waals surface area contributed by atoms with Gasteiger partial charge in [-0.15, -0.1) is 0 Å². The van der Waals surface area contributed by atoms with E-state index in [1.807, 2.05) is 0 Å². The molecule has 0 aliphatic heterocycles. The Morgan fingerprint density at radius 1 is 1.38 bits per heavy atom. The van der Waals surface area contributed by atoms with Crippen molar-refractivity contribution in [1.82, 2.24) is 10.1 Å². The summed E-state index contributed by atoms with van der Waals surface area (Å²) in [5, 5.41) is 12.6. The van der Waals surface area contributed by atoms with Crippen LogP contribution in [0.25, 0.3) is 0 Å². The molecule has 1 aromatic carbocycles. The van der Waals surface area contributed by atoms with Crippen LogP contribution in [0.5, 0.6) is 0 Å². The van der Waals surface area contributed by atoms with E-state index in [0.29, 0.717) is 5.82 Å². The highest BCUT2D eigenvalue weighted by atomic mass is 35.5. The first-order chi connectivity index (χ1) is 9.70. The molecule has 1 aromatic heterocycles. The van der Waals surface area contributed by atoms with E-state index in [1.165, 1.54) is 19.1 Å². The maximum absolute atomic E-state index is 12.4. The molecule has 0 unspecified atom stereocenters. The van der Waals surface area contributed by atoms with Crippen molar-refractivity contribution in [2.75, 3.05) is 0 Å². The zero-order valence-electron chi connectivity index (χ0n) is 11.1. The molecule has 0 amide bonds. The molecule has 0 bridgehead atoms. The summed E-state index contributed by atoms with van der Waals surface area (Å²) in [7, 11) is -3.85. The largest absolute Gasteiger partial charge is 0.478 e. The minimum Gasteiger partial charge on any atom is -0.478 e. The van der Waals surface area contributed by atoms with Gasteiger partial charge in [0.15, 0.2) is 15.7 Å². The van der Waals surface area contributed by atoms with Crippen LogP contribution in [-0.4, -0.2) is 29.6 Å². The summed E-state index contributed by atoms with van der Waals surface area (Å²) in [5.74, 6) is -1.52. The van der Waals surface area contributed by atoms with Crippen molar-refractivity contribution in [2.24, 2.45) is 0 Å². The van der Waals surface area contributed by atoms with Crippen LogP contribution in [0, 0.1) is 13.8 Å². The molecule has 1 N–H and O–H groups in total. The van der Waals surface area contributed by atoms with Crippen LogP contribution < -0.4 is 0 Å². The lowest BCUT2D eigenvalue weighted by atomic mass is 10.1. The van der Waals surface area contributed by atoms with Gasteiger partial charge in [-0.2, -0.15) is 4.98 Å². The van der Waals surface area contributed by atoms with Crippen LogP contribution in [0.1, 0.15) is 27.6 Å². The number of sulfone groups is 1. The van der Waals surface area contributed by atoms with Crippen molar-refractivity contribution < 1.29 is 22.8 Å². The number of hydrogen-bond donors (Lipinski definition) is 1. The third-order valence-electron chi connectivity index (χ3n) is 2.77. The molecule has 0 saturated carbocycles. The normalized spacial score (nSPS) is 11.6. The highest BCUT2D eigenvalue weighted by Crippen LogP contribution is 2.27. The highest BCUT2D eigenvalue weighted by molar-refractivity contribution is 7.90. The van der Waals surface area contributed by atoms with Gasteiger partial charge in [-0.3, -0.25) is 0 Å². The maximum atomic E-state index is 12.4. The molecule has 0 aliphatic rings. The first-order valence-corrected chi connectivity index (χ1v) is 7.79. The van der Waals surface area contributed by atoms with E-state index in [-0.39, 0.29) is 26.9 Å². The number of carbonyl (C=O) groups is 1. The minimum absolute atomic E-state index is 0.0262. The second-order valence-electron chi connectivity index (χ2n) is 4.38. The second-order valence-corrected chi connectivity index (χ2v) is 6.77.